The maximum absolute atomic E-state index is 12.2. The summed E-state index contributed by atoms with van der Waals surface area (Å²) in [6.45, 7) is 0. The largest absolute Gasteiger partial charge is 0.381 e. The molecule has 3 aromatic rings. The minimum Gasteiger partial charge on any atom is -0.381 e. The van der Waals surface area contributed by atoms with E-state index in [1.807, 2.05) is 0 Å². The predicted molar refractivity (Wildman–Crippen MR) is 69.6 cm³/mol. The second-order valence-electron chi connectivity index (χ2n) is 3.84. The van der Waals surface area contributed by atoms with Crippen LogP contribution >= 0.6 is 0 Å². The molecule has 0 aliphatic carbocycles. The summed E-state index contributed by atoms with van der Waals surface area (Å²) in [6, 6.07) is 5.18. The van der Waals surface area contributed by atoms with Gasteiger partial charge in [0.2, 0.25) is 0 Å². The second kappa shape index (κ2) is 4.37. The first kappa shape index (κ1) is 11.1. The van der Waals surface area contributed by atoms with Crippen LogP contribution < -0.4 is 11.1 Å². The Bertz CT molecular complexity index is 736. The van der Waals surface area contributed by atoms with E-state index in [-0.39, 0.29) is 17.3 Å². The average molecular weight is 254 g/mol. The molecule has 7 heteroatoms. The Morgan fingerprint density at radius 3 is 3.00 bits per heavy atom. The molecule has 94 valence electrons. The highest BCUT2D eigenvalue weighted by Gasteiger charge is 2.18. The Balaban J connectivity index is 2.00. The van der Waals surface area contributed by atoms with Gasteiger partial charge in [-0.15, -0.1) is 5.10 Å². The van der Waals surface area contributed by atoms with E-state index >= 15 is 0 Å². The number of hydrogen-bond acceptors (Lipinski definition) is 5. The van der Waals surface area contributed by atoms with Gasteiger partial charge in [-0.25, -0.2) is 9.50 Å². The van der Waals surface area contributed by atoms with E-state index in [4.69, 9.17) is 5.73 Å². The minimum atomic E-state index is -0.362. The molecule has 0 aliphatic heterocycles. The maximum Gasteiger partial charge on any atom is 0.263 e. The van der Waals surface area contributed by atoms with E-state index in [0.29, 0.717) is 11.3 Å². The molecule has 0 spiro atoms. The number of nitrogens with two attached hydrogens (primary N) is 1. The lowest BCUT2D eigenvalue weighted by Gasteiger charge is -2.03. The first-order valence-electron chi connectivity index (χ1n) is 5.56. The van der Waals surface area contributed by atoms with Crippen LogP contribution in [-0.2, 0) is 0 Å². The summed E-state index contributed by atoms with van der Waals surface area (Å²) in [7, 11) is 0. The smallest absolute Gasteiger partial charge is 0.263 e. The molecule has 0 atom stereocenters. The maximum atomic E-state index is 12.2. The fourth-order valence-electron chi connectivity index (χ4n) is 1.75. The van der Waals surface area contributed by atoms with Crippen molar-refractivity contribution in [2.45, 2.75) is 0 Å². The Hall–Kier alpha value is -2.96. The van der Waals surface area contributed by atoms with Gasteiger partial charge in [-0.1, -0.05) is 0 Å². The van der Waals surface area contributed by atoms with Crippen LogP contribution in [0.1, 0.15) is 10.4 Å². The molecule has 0 radical (unpaired) electrons. The van der Waals surface area contributed by atoms with E-state index in [2.05, 4.69) is 20.4 Å². The highest BCUT2D eigenvalue weighted by Crippen LogP contribution is 2.17. The van der Waals surface area contributed by atoms with Crippen molar-refractivity contribution in [3.05, 3.63) is 48.5 Å². The molecule has 0 bridgehead atoms. The molecule has 1 amide bonds. The van der Waals surface area contributed by atoms with E-state index in [1.54, 1.807) is 43.0 Å². The molecule has 7 nitrogen and oxygen atoms in total. The number of anilines is 2. The monoisotopic (exact) mass is 254 g/mol. The first-order chi connectivity index (χ1) is 9.25. The molecule has 0 saturated heterocycles. The van der Waals surface area contributed by atoms with Crippen molar-refractivity contribution in [1.29, 1.82) is 0 Å². The number of carbonyl (C=O) groups excluding carboxylic acids is 1. The molecule has 3 heterocycles. The van der Waals surface area contributed by atoms with Gasteiger partial charge in [-0.2, -0.15) is 0 Å². The SMILES string of the molecule is Nc1nn2cccnc2c1C(=O)Nc1cccnc1. The summed E-state index contributed by atoms with van der Waals surface area (Å²) in [4.78, 5) is 20.2. The van der Waals surface area contributed by atoms with Gasteiger partial charge >= 0.3 is 0 Å². The number of nitrogens with one attached hydrogen (secondary N) is 1. The number of hydrogen-bond donors (Lipinski definition) is 2. The molecular formula is C12H10N6O. The zero-order chi connectivity index (χ0) is 13.2. The second-order valence-corrected chi connectivity index (χ2v) is 3.84. The Labute approximate surface area is 108 Å². The van der Waals surface area contributed by atoms with Crippen molar-refractivity contribution in [3.63, 3.8) is 0 Å². The van der Waals surface area contributed by atoms with Crippen LogP contribution in [0.5, 0.6) is 0 Å². The van der Waals surface area contributed by atoms with Crippen molar-refractivity contribution < 1.29 is 4.79 Å². The van der Waals surface area contributed by atoms with Gasteiger partial charge < -0.3 is 11.1 Å². The number of nitrogens with zero attached hydrogens (tertiary/aromatic N) is 4. The summed E-state index contributed by atoms with van der Waals surface area (Å²) in [5.74, 6) is -0.223. The van der Waals surface area contributed by atoms with Crippen molar-refractivity contribution >= 4 is 23.1 Å². The highest BCUT2D eigenvalue weighted by atomic mass is 16.1. The van der Waals surface area contributed by atoms with Crippen molar-refractivity contribution in [1.82, 2.24) is 19.6 Å². The zero-order valence-corrected chi connectivity index (χ0v) is 9.82. The number of nitrogen functional groups attached to an aromatic ring is 1. The highest BCUT2D eigenvalue weighted by molar-refractivity contribution is 6.11. The summed E-state index contributed by atoms with van der Waals surface area (Å²) in [5, 5.41) is 6.73. The Morgan fingerprint density at radius 1 is 1.32 bits per heavy atom. The standard InChI is InChI=1S/C12H10N6O/c13-10-9(11-15-5-2-6-18(11)17-10)12(19)16-8-3-1-4-14-7-8/h1-7H,(H2,13,17)(H,16,19). The van der Waals surface area contributed by atoms with Crippen LogP contribution in [0.4, 0.5) is 11.5 Å². The van der Waals surface area contributed by atoms with Crippen molar-refractivity contribution in [2.24, 2.45) is 0 Å². The van der Waals surface area contributed by atoms with Gasteiger partial charge in [0.1, 0.15) is 5.56 Å². The van der Waals surface area contributed by atoms with Crippen molar-refractivity contribution in [3.8, 4) is 0 Å². The average Bonchev–Trinajstić information content (AvgIpc) is 2.75. The molecule has 3 rings (SSSR count). The van der Waals surface area contributed by atoms with E-state index in [9.17, 15) is 4.79 Å². The third kappa shape index (κ3) is 1.97. The van der Waals surface area contributed by atoms with Crippen LogP contribution in [0.3, 0.4) is 0 Å². The summed E-state index contributed by atoms with van der Waals surface area (Å²) >= 11 is 0. The number of aromatic nitrogens is 4. The summed E-state index contributed by atoms with van der Waals surface area (Å²) < 4.78 is 1.47. The van der Waals surface area contributed by atoms with Gasteiger partial charge in [0.05, 0.1) is 11.9 Å². The number of carbonyl (C=O) groups is 1. The predicted octanol–water partition coefficient (Wildman–Crippen LogP) is 0.959. The number of amides is 1. The fraction of sp³-hybridized carbons (Fsp3) is 0. The third-order valence-electron chi connectivity index (χ3n) is 2.57. The lowest BCUT2D eigenvalue weighted by Crippen LogP contribution is -2.13. The normalized spacial score (nSPS) is 10.5. The van der Waals surface area contributed by atoms with Crippen LogP contribution in [0.25, 0.3) is 5.65 Å². The lowest BCUT2D eigenvalue weighted by molar-refractivity contribution is 0.102. The van der Waals surface area contributed by atoms with Gasteiger partial charge in [-0.3, -0.25) is 9.78 Å². The first-order valence-corrected chi connectivity index (χ1v) is 5.56. The number of rotatable bonds is 2. The molecule has 0 unspecified atom stereocenters. The summed E-state index contributed by atoms with van der Waals surface area (Å²) in [6.07, 6.45) is 6.44. The fourth-order valence-corrected chi connectivity index (χ4v) is 1.75. The van der Waals surface area contributed by atoms with Gasteiger partial charge in [0.25, 0.3) is 5.91 Å². The molecular weight excluding hydrogens is 244 g/mol. The zero-order valence-electron chi connectivity index (χ0n) is 9.82. The van der Waals surface area contributed by atoms with Gasteiger partial charge in [0.15, 0.2) is 11.5 Å². The van der Waals surface area contributed by atoms with Crippen LogP contribution in [0.2, 0.25) is 0 Å². The quantitative estimate of drug-likeness (QED) is 0.709. The lowest BCUT2D eigenvalue weighted by atomic mass is 10.2. The van der Waals surface area contributed by atoms with Crippen molar-refractivity contribution in [2.75, 3.05) is 11.1 Å². The van der Waals surface area contributed by atoms with Crippen LogP contribution in [0.15, 0.2) is 43.0 Å². The summed E-state index contributed by atoms with van der Waals surface area (Å²) in [5.41, 5.74) is 7.02. The van der Waals surface area contributed by atoms with Gasteiger partial charge in [0, 0.05) is 18.6 Å². The van der Waals surface area contributed by atoms with E-state index in [0.717, 1.165) is 0 Å². The number of pyridine rings is 1. The number of fused-ring (bicyclic) bond motifs is 1. The van der Waals surface area contributed by atoms with Crippen LogP contribution in [-0.4, -0.2) is 25.5 Å². The molecule has 0 aromatic carbocycles. The Morgan fingerprint density at radius 2 is 2.21 bits per heavy atom. The van der Waals surface area contributed by atoms with Gasteiger partial charge in [-0.05, 0) is 18.2 Å². The molecule has 3 aromatic heterocycles. The molecule has 19 heavy (non-hydrogen) atoms. The Kier molecular flexibility index (Phi) is 2.57. The third-order valence-corrected chi connectivity index (χ3v) is 2.57. The molecule has 3 N–H and O–H groups in total. The van der Waals surface area contributed by atoms with Crippen LogP contribution in [0, 0.1) is 0 Å². The van der Waals surface area contributed by atoms with E-state index < -0.39 is 0 Å². The van der Waals surface area contributed by atoms with E-state index in [1.165, 1.54) is 4.52 Å². The minimum absolute atomic E-state index is 0.139. The molecule has 0 aliphatic rings. The molecule has 0 saturated carbocycles. The molecule has 0 fully saturated rings. The topological polar surface area (TPSA) is 98.2 Å².